The van der Waals surface area contributed by atoms with Crippen molar-refractivity contribution in [3.63, 3.8) is 0 Å². The largest absolute Gasteiger partial charge is 0.496 e. The van der Waals surface area contributed by atoms with Crippen LogP contribution >= 0.6 is 7.14 Å². The van der Waals surface area contributed by atoms with E-state index in [0.29, 0.717) is 0 Å². The Morgan fingerprint density at radius 1 is 0.647 bits per heavy atom. The molecule has 168 valence electrons. The highest BCUT2D eigenvalue weighted by Gasteiger charge is 2.33. The first-order valence-electron chi connectivity index (χ1n) is 11.4. The standard InChI is InChI=1S/C31H27O2P/c1-22-18-20-27(23(2)31(22)33-3)30-28-17-11-10-12-24(28)19-21-29(30)34(32,25-13-6-4-7-14-25)26-15-8-5-9-16-26/h4-21H,1-3H3. The molecule has 34 heavy (non-hydrogen) atoms. The quantitative estimate of drug-likeness (QED) is 0.269. The van der Waals surface area contributed by atoms with Gasteiger partial charge in [0.15, 0.2) is 7.14 Å². The number of hydrogen-bond donors (Lipinski definition) is 0. The number of aryl methyl sites for hydroxylation is 1. The van der Waals surface area contributed by atoms with E-state index in [0.717, 1.165) is 54.7 Å². The SMILES string of the molecule is COc1c(C)ccc(-c2c(P(=O)(c3ccccc3)c3ccccc3)ccc3ccccc23)c1C. The molecule has 0 radical (unpaired) electrons. The third kappa shape index (κ3) is 3.56. The summed E-state index contributed by atoms with van der Waals surface area (Å²) in [5.41, 5.74) is 4.18. The van der Waals surface area contributed by atoms with Gasteiger partial charge >= 0.3 is 0 Å². The number of fused-ring (bicyclic) bond motifs is 1. The van der Waals surface area contributed by atoms with Crippen LogP contribution in [0.1, 0.15) is 11.1 Å². The van der Waals surface area contributed by atoms with E-state index in [2.05, 4.69) is 50.2 Å². The number of rotatable bonds is 5. The maximum Gasteiger partial charge on any atom is 0.171 e. The monoisotopic (exact) mass is 462 g/mol. The van der Waals surface area contributed by atoms with Gasteiger partial charge in [-0.05, 0) is 47.4 Å². The van der Waals surface area contributed by atoms with Gasteiger partial charge in [-0.1, -0.05) is 103 Å². The van der Waals surface area contributed by atoms with Crippen LogP contribution < -0.4 is 20.7 Å². The fraction of sp³-hybridized carbons (Fsp3) is 0.0968. The predicted octanol–water partition coefficient (Wildman–Crippen LogP) is 6.77. The van der Waals surface area contributed by atoms with Gasteiger partial charge in [-0.3, -0.25) is 0 Å². The van der Waals surface area contributed by atoms with Gasteiger partial charge < -0.3 is 9.30 Å². The summed E-state index contributed by atoms with van der Waals surface area (Å²) in [7, 11) is -1.47. The topological polar surface area (TPSA) is 26.3 Å². The Balaban J connectivity index is 1.95. The lowest BCUT2D eigenvalue weighted by molar-refractivity contribution is 0.409. The maximum atomic E-state index is 15.4. The second-order valence-electron chi connectivity index (χ2n) is 8.55. The van der Waals surface area contributed by atoms with E-state index in [-0.39, 0.29) is 0 Å². The smallest absolute Gasteiger partial charge is 0.171 e. The van der Waals surface area contributed by atoms with Crippen LogP contribution in [-0.2, 0) is 4.57 Å². The van der Waals surface area contributed by atoms with E-state index < -0.39 is 7.14 Å². The van der Waals surface area contributed by atoms with Crippen LogP contribution in [0.15, 0.2) is 109 Å². The molecule has 0 unspecified atom stereocenters. The average molecular weight is 463 g/mol. The molecule has 0 heterocycles. The molecule has 0 aliphatic rings. The Kier molecular flexibility index (Phi) is 5.86. The summed E-state index contributed by atoms with van der Waals surface area (Å²) in [6.07, 6.45) is 0. The number of benzene rings is 5. The van der Waals surface area contributed by atoms with Crippen LogP contribution in [0.25, 0.3) is 21.9 Å². The highest BCUT2D eigenvalue weighted by Crippen LogP contribution is 2.48. The number of methoxy groups -OCH3 is 1. The zero-order valence-corrected chi connectivity index (χ0v) is 20.6. The maximum absolute atomic E-state index is 15.4. The molecule has 0 saturated carbocycles. The average Bonchev–Trinajstić information content (AvgIpc) is 2.89. The van der Waals surface area contributed by atoms with Crippen molar-refractivity contribution in [1.29, 1.82) is 0 Å². The summed E-state index contributed by atoms with van der Waals surface area (Å²) in [6, 6.07) is 36.4. The molecule has 5 aromatic rings. The van der Waals surface area contributed by atoms with Crippen LogP contribution in [0, 0.1) is 13.8 Å². The Morgan fingerprint density at radius 3 is 1.85 bits per heavy atom. The number of hydrogen-bond acceptors (Lipinski definition) is 2. The van der Waals surface area contributed by atoms with Crippen molar-refractivity contribution in [1.82, 2.24) is 0 Å². The molecule has 0 atom stereocenters. The van der Waals surface area contributed by atoms with E-state index >= 15 is 4.57 Å². The molecule has 0 aromatic heterocycles. The third-order valence-corrected chi connectivity index (χ3v) is 9.66. The molecule has 5 rings (SSSR count). The van der Waals surface area contributed by atoms with E-state index in [1.54, 1.807) is 7.11 Å². The van der Waals surface area contributed by atoms with Gasteiger partial charge in [-0.25, -0.2) is 0 Å². The minimum Gasteiger partial charge on any atom is -0.496 e. The summed E-state index contributed by atoms with van der Waals surface area (Å²) in [5, 5.41) is 4.70. The zero-order valence-electron chi connectivity index (χ0n) is 19.7. The fourth-order valence-corrected chi connectivity index (χ4v) is 7.80. The van der Waals surface area contributed by atoms with E-state index in [4.69, 9.17) is 4.74 Å². The molecule has 0 aliphatic carbocycles. The first kappa shape index (κ1) is 22.2. The van der Waals surface area contributed by atoms with Crippen molar-refractivity contribution in [2.75, 3.05) is 7.11 Å². The molecule has 0 fully saturated rings. The van der Waals surface area contributed by atoms with Crippen molar-refractivity contribution in [2.24, 2.45) is 0 Å². The Bertz CT molecular complexity index is 1480. The molecule has 0 saturated heterocycles. The van der Waals surface area contributed by atoms with Gasteiger partial charge in [0.05, 0.1) is 7.11 Å². The van der Waals surface area contributed by atoms with Gasteiger partial charge in [0.25, 0.3) is 0 Å². The molecule has 3 heteroatoms. The minimum atomic E-state index is -3.18. The lowest BCUT2D eigenvalue weighted by atomic mass is 9.93. The normalized spacial score (nSPS) is 11.5. The van der Waals surface area contributed by atoms with Crippen molar-refractivity contribution in [3.8, 4) is 16.9 Å². The first-order chi connectivity index (χ1) is 16.6. The van der Waals surface area contributed by atoms with Crippen LogP contribution in [0.3, 0.4) is 0 Å². The van der Waals surface area contributed by atoms with Gasteiger partial charge in [0, 0.05) is 21.5 Å². The molecule has 0 aliphatic heterocycles. The molecule has 0 amide bonds. The lowest BCUT2D eigenvalue weighted by Gasteiger charge is -2.25. The van der Waals surface area contributed by atoms with Crippen molar-refractivity contribution in [2.45, 2.75) is 13.8 Å². The Labute approximate surface area is 201 Å². The summed E-state index contributed by atoms with van der Waals surface area (Å²) < 4.78 is 21.1. The molecule has 0 spiro atoms. The summed E-state index contributed by atoms with van der Waals surface area (Å²) in [4.78, 5) is 0. The van der Waals surface area contributed by atoms with Gasteiger partial charge in [0.2, 0.25) is 0 Å². The molecule has 2 nitrogen and oxygen atoms in total. The third-order valence-electron chi connectivity index (χ3n) is 6.56. The van der Waals surface area contributed by atoms with Crippen LogP contribution in [0.5, 0.6) is 5.75 Å². The summed E-state index contributed by atoms with van der Waals surface area (Å²) in [6.45, 7) is 4.14. The number of ether oxygens (including phenoxy) is 1. The Hall–Kier alpha value is -3.61. The zero-order chi connectivity index (χ0) is 23.7. The van der Waals surface area contributed by atoms with Crippen molar-refractivity contribution < 1.29 is 9.30 Å². The summed E-state index contributed by atoms with van der Waals surface area (Å²) >= 11 is 0. The lowest BCUT2D eigenvalue weighted by Crippen LogP contribution is -2.26. The van der Waals surface area contributed by atoms with E-state index in [1.807, 2.05) is 72.8 Å². The van der Waals surface area contributed by atoms with E-state index in [9.17, 15) is 0 Å². The predicted molar refractivity (Wildman–Crippen MR) is 145 cm³/mol. The van der Waals surface area contributed by atoms with Crippen LogP contribution in [0.4, 0.5) is 0 Å². The molecular weight excluding hydrogens is 435 g/mol. The second kappa shape index (κ2) is 8.97. The molecule has 0 N–H and O–H groups in total. The fourth-order valence-electron chi connectivity index (χ4n) is 4.92. The summed E-state index contributed by atoms with van der Waals surface area (Å²) in [5.74, 6) is 0.866. The van der Waals surface area contributed by atoms with E-state index in [1.165, 1.54) is 0 Å². The van der Waals surface area contributed by atoms with Crippen LogP contribution in [-0.4, -0.2) is 7.11 Å². The van der Waals surface area contributed by atoms with Crippen LogP contribution in [0.2, 0.25) is 0 Å². The van der Waals surface area contributed by atoms with Crippen molar-refractivity contribution in [3.05, 3.63) is 120 Å². The molecule has 5 aromatic carbocycles. The Morgan fingerprint density at radius 2 is 1.24 bits per heavy atom. The highest BCUT2D eigenvalue weighted by atomic mass is 31.2. The van der Waals surface area contributed by atoms with Crippen molar-refractivity contribution >= 4 is 33.8 Å². The molecular formula is C31H27O2P. The molecule has 0 bridgehead atoms. The van der Waals surface area contributed by atoms with Gasteiger partial charge in [0.1, 0.15) is 5.75 Å². The highest BCUT2D eigenvalue weighted by molar-refractivity contribution is 7.85. The van der Waals surface area contributed by atoms with Gasteiger partial charge in [-0.15, -0.1) is 0 Å². The van der Waals surface area contributed by atoms with Gasteiger partial charge in [-0.2, -0.15) is 0 Å². The second-order valence-corrected chi connectivity index (χ2v) is 11.3. The minimum absolute atomic E-state index is 0.828. The first-order valence-corrected chi connectivity index (χ1v) is 13.1.